The normalized spacial score (nSPS) is 10.6. The predicted molar refractivity (Wildman–Crippen MR) is 103 cm³/mol. The number of carbonyl (C=O) groups excluding carboxylic acids is 2. The summed E-state index contributed by atoms with van der Waals surface area (Å²) in [5.74, 6) is -1.19. The van der Waals surface area contributed by atoms with E-state index in [0.29, 0.717) is 33.5 Å². The van der Waals surface area contributed by atoms with Crippen molar-refractivity contribution >= 4 is 34.2 Å². The highest BCUT2D eigenvalue weighted by atomic mass is 19.1. The number of rotatable bonds is 4. The highest BCUT2D eigenvalue weighted by Gasteiger charge is 2.11. The van der Waals surface area contributed by atoms with E-state index in [1.165, 1.54) is 18.2 Å². The number of aromatic amines is 1. The van der Waals surface area contributed by atoms with Crippen molar-refractivity contribution in [1.82, 2.24) is 15.4 Å². The van der Waals surface area contributed by atoms with Gasteiger partial charge >= 0.3 is 0 Å². The van der Waals surface area contributed by atoms with Crippen LogP contribution in [0.25, 0.3) is 11.0 Å². The van der Waals surface area contributed by atoms with Gasteiger partial charge in [0.05, 0.1) is 0 Å². The Bertz CT molecular complexity index is 1190. The Kier molecular flexibility index (Phi) is 4.51. The fourth-order valence-corrected chi connectivity index (χ4v) is 2.69. The molecule has 1 aromatic heterocycles. The van der Waals surface area contributed by atoms with E-state index in [0.717, 1.165) is 0 Å². The minimum atomic E-state index is -0.442. The van der Waals surface area contributed by atoms with Crippen molar-refractivity contribution in [3.8, 4) is 0 Å². The van der Waals surface area contributed by atoms with Gasteiger partial charge in [0.25, 0.3) is 11.8 Å². The van der Waals surface area contributed by atoms with Crippen LogP contribution in [0.4, 0.5) is 15.8 Å². The number of carbonyl (C=O) groups is 2. The van der Waals surface area contributed by atoms with E-state index in [1.54, 1.807) is 48.5 Å². The zero-order chi connectivity index (χ0) is 19.5. The molecule has 0 atom stereocenters. The molecule has 0 aliphatic heterocycles. The van der Waals surface area contributed by atoms with E-state index in [2.05, 4.69) is 26.0 Å². The molecule has 0 radical (unpaired) electrons. The molecule has 3 aromatic carbocycles. The molecule has 4 rings (SSSR count). The summed E-state index contributed by atoms with van der Waals surface area (Å²) in [6.07, 6.45) is 0. The molecule has 0 aliphatic rings. The molecule has 7 nitrogen and oxygen atoms in total. The van der Waals surface area contributed by atoms with Crippen LogP contribution in [0.2, 0.25) is 0 Å². The summed E-state index contributed by atoms with van der Waals surface area (Å²) >= 11 is 0. The van der Waals surface area contributed by atoms with Crippen LogP contribution in [0.3, 0.4) is 0 Å². The maximum absolute atomic E-state index is 13.3. The molecule has 0 fully saturated rings. The Balaban J connectivity index is 1.49. The Morgan fingerprint density at radius 3 is 2.14 bits per heavy atom. The third-order valence-corrected chi connectivity index (χ3v) is 4.04. The smallest absolute Gasteiger partial charge is 0.255 e. The van der Waals surface area contributed by atoms with E-state index in [-0.39, 0.29) is 5.91 Å². The molecular weight excluding hydrogens is 361 g/mol. The third kappa shape index (κ3) is 3.70. The SMILES string of the molecule is O=C(Nc1cccc(F)c1)c1cccc(NC(=O)c2ccc3n[nH]nc3c2)c1. The minimum absolute atomic E-state index is 0.328. The van der Waals surface area contributed by atoms with Crippen LogP contribution in [0.5, 0.6) is 0 Å². The number of halogens is 1. The summed E-state index contributed by atoms with van der Waals surface area (Å²) in [5.41, 5.74) is 2.78. The molecule has 0 saturated carbocycles. The number of hydrogen-bond donors (Lipinski definition) is 3. The fourth-order valence-electron chi connectivity index (χ4n) is 2.69. The predicted octanol–water partition coefficient (Wildman–Crippen LogP) is 3.60. The molecule has 138 valence electrons. The summed E-state index contributed by atoms with van der Waals surface area (Å²) in [6.45, 7) is 0. The maximum Gasteiger partial charge on any atom is 0.255 e. The van der Waals surface area contributed by atoms with Crippen LogP contribution in [0, 0.1) is 5.82 Å². The molecule has 8 heteroatoms. The summed E-state index contributed by atoms with van der Waals surface area (Å²) in [5, 5.41) is 15.8. The first-order valence-corrected chi connectivity index (χ1v) is 8.37. The second kappa shape index (κ2) is 7.28. The fraction of sp³-hybridized carbons (Fsp3) is 0. The van der Waals surface area contributed by atoms with Gasteiger partial charge in [-0.1, -0.05) is 12.1 Å². The number of nitrogens with zero attached hydrogens (tertiary/aromatic N) is 2. The molecule has 28 heavy (non-hydrogen) atoms. The minimum Gasteiger partial charge on any atom is -0.322 e. The molecule has 0 spiro atoms. The van der Waals surface area contributed by atoms with E-state index in [1.807, 2.05) is 0 Å². The van der Waals surface area contributed by atoms with Crippen LogP contribution in [-0.2, 0) is 0 Å². The van der Waals surface area contributed by atoms with Gasteiger partial charge in [-0.3, -0.25) is 9.59 Å². The van der Waals surface area contributed by atoms with Crippen LogP contribution in [0.1, 0.15) is 20.7 Å². The molecule has 0 aliphatic carbocycles. The van der Waals surface area contributed by atoms with Gasteiger partial charge in [-0.2, -0.15) is 15.4 Å². The van der Waals surface area contributed by atoms with Crippen LogP contribution < -0.4 is 10.6 Å². The molecular formula is C20H14FN5O2. The highest BCUT2D eigenvalue weighted by molar-refractivity contribution is 6.08. The number of nitrogens with one attached hydrogen (secondary N) is 3. The lowest BCUT2D eigenvalue weighted by molar-refractivity contribution is 0.101. The zero-order valence-corrected chi connectivity index (χ0v) is 14.4. The quantitative estimate of drug-likeness (QED) is 0.507. The topological polar surface area (TPSA) is 99.8 Å². The van der Waals surface area contributed by atoms with E-state index < -0.39 is 11.7 Å². The number of amides is 2. The molecule has 2 amide bonds. The maximum atomic E-state index is 13.3. The summed E-state index contributed by atoms with van der Waals surface area (Å²) in [4.78, 5) is 24.9. The molecule has 3 N–H and O–H groups in total. The van der Waals surface area contributed by atoms with E-state index in [4.69, 9.17) is 0 Å². The standard InChI is InChI=1S/C20H14FN5O2/c21-14-4-2-6-16(11-14)23-19(27)12-3-1-5-15(9-12)22-20(28)13-7-8-17-18(10-13)25-26-24-17/h1-11H,(H,22,28)(H,23,27)(H,24,25,26). The number of fused-ring (bicyclic) bond motifs is 1. The number of benzene rings is 3. The summed E-state index contributed by atoms with van der Waals surface area (Å²) in [6, 6.07) is 17.0. The van der Waals surface area contributed by atoms with Gasteiger partial charge in [0.15, 0.2) is 0 Å². The van der Waals surface area contributed by atoms with Gasteiger partial charge in [-0.25, -0.2) is 4.39 Å². The van der Waals surface area contributed by atoms with Crippen molar-refractivity contribution in [2.75, 3.05) is 10.6 Å². The average Bonchev–Trinajstić information content (AvgIpc) is 3.16. The lowest BCUT2D eigenvalue weighted by Crippen LogP contribution is -2.14. The molecule has 4 aromatic rings. The van der Waals surface area contributed by atoms with Crippen molar-refractivity contribution in [3.05, 3.63) is 83.7 Å². The van der Waals surface area contributed by atoms with Crippen LogP contribution in [0.15, 0.2) is 66.7 Å². The van der Waals surface area contributed by atoms with Crippen molar-refractivity contribution in [3.63, 3.8) is 0 Å². The lowest BCUT2D eigenvalue weighted by atomic mass is 10.1. The number of aromatic nitrogens is 3. The first kappa shape index (κ1) is 17.3. The largest absolute Gasteiger partial charge is 0.322 e. The Morgan fingerprint density at radius 1 is 0.750 bits per heavy atom. The van der Waals surface area contributed by atoms with Crippen molar-refractivity contribution in [2.24, 2.45) is 0 Å². The van der Waals surface area contributed by atoms with E-state index >= 15 is 0 Å². The summed E-state index contributed by atoms with van der Waals surface area (Å²) in [7, 11) is 0. The molecule has 1 heterocycles. The Morgan fingerprint density at radius 2 is 1.39 bits per heavy atom. The Hall–Kier alpha value is -4.07. The average molecular weight is 375 g/mol. The molecule has 0 bridgehead atoms. The third-order valence-electron chi connectivity index (χ3n) is 4.04. The first-order chi connectivity index (χ1) is 13.6. The van der Waals surface area contributed by atoms with E-state index in [9.17, 15) is 14.0 Å². The molecule has 0 saturated heterocycles. The van der Waals surface area contributed by atoms with Gasteiger partial charge in [-0.15, -0.1) is 0 Å². The number of hydrogen-bond acceptors (Lipinski definition) is 4. The first-order valence-electron chi connectivity index (χ1n) is 8.37. The van der Waals surface area contributed by atoms with Gasteiger partial charge in [-0.05, 0) is 54.6 Å². The van der Waals surface area contributed by atoms with Crippen LogP contribution in [-0.4, -0.2) is 27.2 Å². The Labute approximate surface area is 158 Å². The second-order valence-corrected chi connectivity index (χ2v) is 6.03. The monoisotopic (exact) mass is 375 g/mol. The van der Waals surface area contributed by atoms with Gasteiger partial charge < -0.3 is 10.6 Å². The van der Waals surface area contributed by atoms with Gasteiger partial charge in [0.1, 0.15) is 16.9 Å². The zero-order valence-electron chi connectivity index (χ0n) is 14.4. The number of anilines is 2. The van der Waals surface area contributed by atoms with Gasteiger partial charge in [0.2, 0.25) is 0 Å². The lowest BCUT2D eigenvalue weighted by Gasteiger charge is -2.09. The molecule has 0 unspecified atom stereocenters. The van der Waals surface area contributed by atoms with Crippen molar-refractivity contribution < 1.29 is 14.0 Å². The summed E-state index contributed by atoms with van der Waals surface area (Å²) < 4.78 is 13.3. The van der Waals surface area contributed by atoms with Crippen LogP contribution >= 0.6 is 0 Å². The highest BCUT2D eigenvalue weighted by Crippen LogP contribution is 2.17. The van der Waals surface area contributed by atoms with Crippen molar-refractivity contribution in [2.45, 2.75) is 0 Å². The number of H-pyrrole nitrogens is 1. The van der Waals surface area contributed by atoms with Gasteiger partial charge in [0, 0.05) is 22.5 Å². The van der Waals surface area contributed by atoms with Crippen molar-refractivity contribution in [1.29, 1.82) is 0 Å². The second-order valence-electron chi connectivity index (χ2n) is 6.03.